The molecule has 3 heteroatoms. The van der Waals surface area contributed by atoms with Gasteiger partial charge >= 0.3 is 5.97 Å². The first-order valence-electron chi connectivity index (χ1n) is 4.65. The van der Waals surface area contributed by atoms with Crippen LogP contribution in [0.3, 0.4) is 0 Å². The van der Waals surface area contributed by atoms with Gasteiger partial charge < -0.3 is 10.4 Å². The average molecular weight is 201 g/mol. The van der Waals surface area contributed by atoms with Crippen LogP contribution in [-0.4, -0.2) is 18.1 Å². The molecule has 0 radical (unpaired) electrons. The van der Waals surface area contributed by atoms with Crippen molar-refractivity contribution in [3.05, 3.63) is 42.0 Å². The maximum absolute atomic E-state index is 10.8. The minimum Gasteiger partial charge on any atom is -0.478 e. The fourth-order valence-electron chi connectivity index (χ4n) is 1.54. The summed E-state index contributed by atoms with van der Waals surface area (Å²) >= 11 is 0. The zero-order chi connectivity index (χ0) is 10.8. The SMILES string of the molecule is CNc1ccc2ccc(C(=O)O)cc2c1. The van der Waals surface area contributed by atoms with Crippen molar-refractivity contribution in [2.24, 2.45) is 0 Å². The Labute approximate surface area is 87.3 Å². The van der Waals surface area contributed by atoms with Crippen LogP contribution >= 0.6 is 0 Å². The number of anilines is 1. The monoisotopic (exact) mass is 201 g/mol. The van der Waals surface area contributed by atoms with Crippen LogP contribution in [0.1, 0.15) is 10.4 Å². The molecule has 0 aliphatic carbocycles. The van der Waals surface area contributed by atoms with Crippen molar-refractivity contribution in [1.29, 1.82) is 0 Å². The van der Waals surface area contributed by atoms with Gasteiger partial charge in [-0.15, -0.1) is 0 Å². The number of benzene rings is 2. The highest BCUT2D eigenvalue weighted by Crippen LogP contribution is 2.20. The molecule has 0 spiro atoms. The van der Waals surface area contributed by atoms with E-state index in [1.807, 2.05) is 31.3 Å². The number of hydrogen-bond acceptors (Lipinski definition) is 2. The molecule has 0 amide bonds. The molecule has 0 unspecified atom stereocenters. The summed E-state index contributed by atoms with van der Waals surface area (Å²) in [6.07, 6.45) is 0. The molecule has 0 saturated carbocycles. The van der Waals surface area contributed by atoms with Gasteiger partial charge in [0.2, 0.25) is 0 Å². The molecule has 15 heavy (non-hydrogen) atoms. The highest BCUT2D eigenvalue weighted by Gasteiger charge is 2.03. The van der Waals surface area contributed by atoms with Crippen LogP contribution in [0.15, 0.2) is 36.4 Å². The normalized spacial score (nSPS) is 10.2. The first-order valence-corrected chi connectivity index (χ1v) is 4.65. The molecule has 2 N–H and O–H groups in total. The smallest absolute Gasteiger partial charge is 0.335 e. The van der Waals surface area contributed by atoms with Gasteiger partial charge in [-0.1, -0.05) is 12.1 Å². The van der Waals surface area contributed by atoms with Crippen molar-refractivity contribution in [3.8, 4) is 0 Å². The Morgan fingerprint density at radius 1 is 1.13 bits per heavy atom. The minimum absolute atomic E-state index is 0.316. The molecule has 0 bridgehead atoms. The van der Waals surface area contributed by atoms with Gasteiger partial charge in [0, 0.05) is 12.7 Å². The van der Waals surface area contributed by atoms with E-state index in [0.717, 1.165) is 16.5 Å². The highest BCUT2D eigenvalue weighted by atomic mass is 16.4. The molecule has 0 heterocycles. The van der Waals surface area contributed by atoms with E-state index in [4.69, 9.17) is 5.11 Å². The van der Waals surface area contributed by atoms with Crippen LogP contribution < -0.4 is 5.32 Å². The summed E-state index contributed by atoms with van der Waals surface area (Å²) in [6, 6.07) is 11.0. The third-order valence-corrected chi connectivity index (χ3v) is 2.38. The molecule has 0 fully saturated rings. The molecule has 0 aliphatic rings. The summed E-state index contributed by atoms with van der Waals surface area (Å²) in [6.45, 7) is 0. The van der Waals surface area contributed by atoms with Crippen molar-refractivity contribution in [2.75, 3.05) is 12.4 Å². The van der Waals surface area contributed by atoms with Crippen LogP contribution in [0.2, 0.25) is 0 Å². The fraction of sp³-hybridized carbons (Fsp3) is 0.0833. The Morgan fingerprint density at radius 3 is 2.53 bits per heavy atom. The molecular formula is C12H11NO2. The minimum atomic E-state index is -0.897. The number of carboxylic acids is 1. The largest absolute Gasteiger partial charge is 0.478 e. The quantitative estimate of drug-likeness (QED) is 0.785. The van der Waals surface area contributed by atoms with Crippen molar-refractivity contribution < 1.29 is 9.90 Å². The second-order valence-corrected chi connectivity index (χ2v) is 3.33. The number of aromatic carboxylic acids is 1. The average Bonchev–Trinajstić information content (AvgIpc) is 2.27. The summed E-state index contributed by atoms with van der Waals surface area (Å²) in [5.41, 5.74) is 1.29. The zero-order valence-electron chi connectivity index (χ0n) is 8.32. The first-order chi connectivity index (χ1) is 7.20. The Bertz CT molecular complexity index is 520. The maximum atomic E-state index is 10.8. The summed E-state index contributed by atoms with van der Waals surface area (Å²) < 4.78 is 0. The topological polar surface area (TPSA) is 49.3 Å². The lowest BCUT2D eigenvalue weighted by Crippen LogP contribution is -1.95. The molecule has 3 nitrogen and oxygen atoms in total. The highest BCUT2D eigenvalue weighted by molar-refractivity contribution is 5.95. The maximum Gasteiger partial charge on any atom is 0.335 e. The number of nitrogens with one attached hydrogen (secondary N) is 1. The number of rotatable bonds is 2. The van der Waals surface area contributed by atoms with Gasteiger partial charge in [0.1, 0.15) is 0 Å². The second-order valence-electron chi connectivity index (χ2n) is 3.33. The second kappa shape index (κ2) is 3.61. The van der Waals surface area contributed by atoms with Gasteiger partial charge in [0.15, 0.2) is 0 Å². The lowest BCUT2D eigenvalue weighted by Gasteiger charge is -2.03. The Hall–Kier alpha value is -2.03. The van der Waals surface area contributed by atoms with E-state index < -0.39 is 5.97 Å². The molecule has 0 atom stereocenters. The van der Waals surface area contributed by atoms with E-state index in [2.05, 4.69) is 5.32 Å². The van der Waals surface area contributed by atoms with Gasteiger partial charge in [-0.25, -0.2) is 4.79 Å². The van der Waals surface area contributed by atoms with Crippen LogP contribution in [-0.2, 0) is 0 Å². The molecule has 0 aliphatic heterocycles. The van der Waals surface area contributed by atoms with Crippen molar-refractivity contribution in [3.63, 3.8) is 0 Å². The van der Waals surface area contributed by atoms with Gasteiger partial charge in [-0.2, -0.15) is 0 Å². The molecule has 2 rings (SSSR count). The molecule has 0 saturated heterocycles. The number of carboxylic acid groups (broad SMARTS) is 1. The third-order valence-electron chi connectivity index (χ3n) is 2.38. The van der Waals surface area contributed by atoms with E-state index in [1.54, 1.807) is 12.1 Å². The zero-order valence-corrected chi connectivity index (χ0v) is 8.32. The summed E-state index contributed by atoms with van der Waals surface area (Å²) in [5, 5.41) is 13.8. The van der Waals surface area contributed by atoms with Crippen LogP contribution in [0.4, 0.5) is 5.69 Å². The van der Waals surface area contributed by atoms with Crippen LogP contribution in [0, 0.1) is 0 Å². The first kappa shape index (κ1) is 9.52. The number of fused-ring (bicyclic) bond motifs is 1. The van der Waals surface area contributed by atoms with E-state index in [9.17, 15) is 4.79 Å². The van der Waals surface area contributed by atoms with Crippen molar-refractivity contribution >= 4 is 22.4 Å². The predicted octanol–water partition coefficient (Wildman–Crippen LogP) is 2.58. The molecule has 0 aromatic heterocycles. The third kappa shape index (κ3) is 1.76. The molecular weight excluding hydrogens is 190 g/mol. The van der Waals surface area contributed by atoms with E-state index in [1.165, 1.54) is 0 Å². The van der Waals surface area contributed by atoms with E-state index in [-0.39, 0.29) is 0 Å². The van der Waals surface area contributed by atoms with E-state index in [0.29, 0.717) is 5.56 Å². The Balaban J connectivity index is 2.62. The predicted molar refractivity (Wildman–Crippen MR) is 60.5 cm³/mol. The summed E-state index contributed by atoms with van der Waals surface area (Å²) in [4.78, 5) is 10.8. The van der Waals surface area contributed by atoms with Crippen molar-refractivity contribution in [1.82, 2.24) is 0 Å². The van der Waals surface area contributed by atoms with Gasteiger partial charge in [-0.3, -0.25) is 0 Å². The van der Waals surface area contributed by atoms with Crippen LogP contribution in [0.5, 0.6) is 0 Å². The van der Waals surface area contributed by atoms with Gasteiger partial charge in [0.25, 0.3) is 0 Å². The Morgan fingerprint density at radius 2 is 1.87 bits per heavy atom. The van der Waals surface area contributed by atoms with Crippen LogP contribution in [0.25, 0.3) is 10.8 Å². The fourth-order valence-corrected chi connectivity index (χ4v) is 1.54. The summed E-state index contributed by atoms with van der Waals surface area (Å²) in [7, 11) is 1.84. The number of hydrogen-bond donors (Lipinski definition) is 2. The van der Waals surface area contributed by atoms with Crippen molar-refractivity contribution in [2.45, 2.75) is 0 Å². The lowest BCUT2D eigenvalue weighted by molar-refractivity contribution is 0.0697. The lowest BCUT2D eigenvalue weighted by atomic mass is 10.1. The molecule has 2 aromatic rings. The molecule has 2 aromatic carbocycles. The number of carbonyl (C=O) groups is 1. The molecule has 76 valence electrons. The van der Waals surface area contributed by atoms with E-state index >= 15 is 0 Å². The summed E-state index contributed by atoms with van der Waals surface area (Å²) in [5.74, 6) is -0.897. The van der Waals surface area contributed by atoms with Gasteiger partial charge in [0.05, 0.1) is 5.56 Å². The standard InChI is InChI=1S/C12H11NO2/c1-13-11-5-4-8-2-3-9(12(14)15)6-10(8)7-11/h2-7,13H,1H3,(H,14,15). The van der Waals surface area contributed by atoms with Gasteiger partial charge in [-0.05, 0) is 35.0 Å². The Kier molecular flexibility index (Phi) is 2.29.